The first-order valence-electron chi connectivity index (χ1n) is 13.0. The fraction of sp³-hybridized carbons (Fsp3) is 0.300. The summed E-state index contributed by atoms with van der Waals surface area (Å²) in [7, 11) is 1.84. The molecule has 208 valence electrons. The zero-order valence-electron chi connectivity index (χ0n) is 22.4. The normalized spacial score (nSPS) is 14.1. The van der Waals surface area contributed by atoms with E-state index in [1.165, 1.54) is 12.1 Å². The van der Waals surface area contributed by atoms with Crippen LogP contribution < -0.4 is 5.32 Å². The summed E-state index contributed by atoms with van der Waals surface area (Å²) in [6.07, 6.45) is 1.40. The third kappa shape index (κ3) is 7.68. The Bertz CT molecular complexity index is 1500. The highest BCUT2D eigenvalue weighted by Crippen LogP contribution is 2.33. The quantitative estimate of drug-likeness (QED) is 0.268. The van der Waals surface area contributed by atoms with Gasteiger partial charge in [0.25, 0.3) is 0 Å². The Labute approximate surface area is 231 Å². The second-order valence-electron chi connectivity index (χ2n) is 9.31. The fourth-order valence-corrected chi connectivity index (χ4v) is 4.37. The van der Waals surface area contributed by atoms with Crippen molar-refractivity contribution >= 4 is 23.1 Å². The monoisotopic (exact) mass is 548 g/mol. The van der Waals surface area contributed by atoms with Crippen molar-refractivity contribution in [2.75, 3.05) is 45.1 Å². The maximum atomic E-state index is 13.1. The lowest BCUT2D eigenvalue weighted by atomic mass is 10.0. The minimum atomic E-state index is -4.43. The second kappa shape index (κ2) is 13.2. The molecule has 0 unspecified atom stereocenters. The van der Waals surface area contributed by atoms with Crippen LogP contribution in [0.25, 0.3) is 11.0 Å². The van der Waals surface area contributed by atoms with E-state index in [9.17, 15) is 18.0 Å². The molecule has 1 aromatic carbocycles. The van der Waals surface area contributed by atoms with Crippen molar-refractivity contribution in [2.24, 2.45) is 0 Å². The minimum absolute atomic E-state index is 0.0573. The molecule has 4 heterocycles. The number of likely N-dealkylation sites (N-methyl/N-ethyl adjacent to an activating group) is 1. The summed E-state index contributed by atoms with van der Waals surface area (Å²) in [4.78, 5) is 26.6. The van der Waals surface area contributed by atoms with Gasteiger partial charge in [0.15, 0.2) is 0 Å². The number of nitrogens with zero attached hydrogens (tertiary/aromatic N) is 4. The molecular weight excluding hydrogens is 517 g/mol. The van der Waals surface area contributed by atoms with Crippen molar-refractivity contribution in [1.82, 2.24) is 24.8 Å². The van der Waals surface area contributed by atoms with E-state index in [-0.39, 0.29) is 17.7 Å². The molecule has 1 fully saturated rings. The largest absolute Gasteiger partial charge is 0.416 e. The Morgan fingerprint density at radius 2 is 1.75 bits per heavy atom. The lowest BCUT2D eigenvalue weighted by Gasteiger charge is -2.34. The molecule has 0 atom stereocenters. The first-order chi connectivity index (χ1) is 19.3. The van der Waals surface area contributed by atoms with Gasteiger partial charge in [-0.2, -0.15) is 13.2 Å². The fourth-order valence-electron chi connectivity index (χ4n) is 4.37. The van der Waals surface area contributed by atoms with Gasteiger partial charge in [-0.05, 0) is 42.4 Å². The molecule has 10 heteroatoms. The zero-order valence-corrected chi connectivity index (χ0v) is 22.4. The van der Waals surface area contributed by atoms with Crippen LogP contribution in [0.5, 0.6) is 0 Å². The molecule has 2 N–H and O–H groups in total. The van der Waals surface area contributed by atoms with Crippen molar-refractivity contribution < 1.29 is 18.0 Å². The van der Waals surface area contributed by atoms with E-state index in [2.05, 4.69) is 43.9 Å². The zero-order chi connectivity index (χ0) is 28.5. The molecule has 3 aromatic heterocycles. The summed E-state index contributed by atoms with van der Waals surface area (Å²) in [6, 6.07) is 11.5. The van der Waals surface area contributed by atoms with Crippen molar-refractivity contribution in [3.8, 4) is 11.8 Å². The molecule has 0 saturated carbocycles. The van der Waals surface area contributed by atoms with Gasteiger partial charge in [-0.15, -0.1) is 0 Å². The van der Waals surface area contributed by atoms with Crippen LogP contribution >= 0.6 is 0 Å². The Balaban J connectivity index is 0.000000186. The summed E-state index contributed by atoms with van der Waals surface area (Å²) >= 11 is 0. The minimum Gasteiger partial charge on any atom is -0.373 e. The number of fused-ring (bicyclic) bond motifs is 1. The number of nitrogens with one attached hydrogen (secondary N) is 2. The van der Waals surface area contributed by atoms with Crippen LogP contribution in [-0.4, -0.2) is 70.8 Å². The van der Waals surface area contributed by atoms with Crippen molar-refractivity contribution in [2.45, 2.75) is 19.6 Å². The number of benzene rings is 1. The highest BCUT2D eigenvalue weighted by Gasteiger charge is 2.34. The summed E-state index contributed by atoms with van der Waals surface area (Å²) in [5, 5.41) is 2.99. The van der Waals surface area contributed by atoms with Gasteiger partial charge in [0.1, 0.15) is 12.1 Å². The molecule has 0 amide bonds. The standard InChI is InChI=1S/C15H19F3N2O.C15H12N4/c1-2-19-5-7-20(8-6-19)10-13-4-3-12(11-21)9-14(13)15(16,17)18;1-16-15-9-11(4-6-18-15)2-3-12-8-14-13(19-10-12)5-7-17-14/h3-4,9,11H,2,5-8,10H2,1H3;4-10,17H,1H3,(H,16,18). The number of piperazine rings is 1. The third-order valence-corrected chi connectivity index (χ3v) is 6.65. The first kappa shape index (κ1) is 28.8. The molecule has 1 saturated heterocycles. The molecular formula is C30H31F3N6O. The van der Waals surface area contributed by atoms with Crippen LogP contribution in [0.3, 0.4) is 0 Å². The SMILES string of the molecule is CCN1CCN(Cc2ccc(C=O)cc2C(F)(F)F)CC1.CNc1cc(C#Cc2cnc3cc[nH]c3c2)ccn1. The van der Waals surface area contributed by atoms with Crippen LogP contribution in [-0.2, 0) is 12.7 Å². The number of H-pyrrole nitrogens is 1. The molecule has 5 rings (SSSR count). The number of rotatable bonds is 5. The highest BCUT2D eigenvalue weighted by atomic mass is 19.4. The smallest absolute Gasteiger partial charge is 0.373 e. The summed E-state index contributed by atoms with van der Waals surface area (Å²) in [6.45, 7) is 6.60. The molecule has 0 radical (unpaired) electrons. The number of halogens is 3. The molecule has 1 aliphatic rings. The van der Waals surface area contributed by atoms with Crippen LogP contribution in [0.15, 0.2) is 61.1 Å². The number of alkyl halides is 3. The summed E-state index contributed by atoms with van der Waals surface area (Å²) in [5.41, 5.74) is 3.35. The summed E-state index contributed by atoms with van der Waals surface area (Å²) in [5.74, 6) is 7.02. The van der Waals surface area contributed by atoms with Crippen LogP contribution in [0, 0.1) is 11.8 Å². The lowest BCUT2D eigenvalue weighted by Crippen LogP contribution is -2.45. The number of anilines is 1. The van der Waals surface area contributed by atoms with E-state index >= 15 is 0 Å². The first-order valence-corrected chi connectivity index (χ1v) is 13.0. The van der Waals surface area contributed by atoms with Crippen LogP contribution in [0.2, 0.25) is 0 Å². The molecule has 0 aliphatic carbocycles. The number of carbonyl (C=O) groups is 1. The Morgan fingerprint density at radius 1 is 1.00 bits per heavy atom. The van der Waals surface area contributed by atoms with Gasteiger partial charge < -0.3 is 15.2 Å². The van der Waals surface area contributed by atoms with Gasteiger partial charge in [-0.3, -0.25) is 14.7 Å². The number of hydrogen-bond donors (Lipinski definition) is 2. The van der Waals surface area contributed by atoms with Gasteiger partial charge in [0.2, 0.25) is 0 Å². The second-order valence-corrected chi connectivity index (χ2v) is 9.31. The van der Waals surface area contributed by atoms with Gasteiger partial charge in [-0.25, -0.2) is 4.98 Å². The highest BCUT2D eigenvalue weighted by molar-refractivity contribution is 5.76. The Hall–Kier alpha value is -4.20. The number of carbonyl (C=O) groups excluding carboxylic acids is 1. The number of hydrogen-bond acceptors (Lipinski definition) is 6. The maximum Gasteiger partial charge on any atom is 0.416 e. The van der Waals surface area contributed by atoms with E-state index in [0.717, 1.165) is 66.8 Å². The van der Waals surface area contributed by atoms with E-state index in [1.54, 1.807) is 12.4 Å². The molecule has 40 heavy (non-hydrogen) atoms. The number of aldehydes is 1. The molecule has 1 aliphatic heterocycles. The number of pyridine rings is 2. The number of aromatic nitrogens is 3. The molecule has 0 spiro atoms. The average molecular weight is 549 g/mol. The molecule has 7 nitrogen and oxygen atoms in total. The Morgan fingerprint density at radius 3 is 2.45 bits per heavy atom. The predicted octanol–water partition coefficient (Wildman–Crippen LogP) is 5.05. The predicted molar refractivity (Wildman–Crippen MR) is 150 cm³/mol. The van der Waals surface area contributed by atoms with E-state index < -0.39 is 11.7 Å². The Kier molecular flexibility index (Phi) is 9.53. The lowest BCUT2D eigenvalue weighted by molar-refractivity contribution is -0.138. The van der Waals surface area contributed by atoms with E-state index in [1.807, 2.05) is 42.4 Å². The third-order valence-electron chi connectivity index (χ3n) is 6.65. The van der Waals surface area contributed by atoms with Crippen molar-refractivity contribution in [3.05, 3.63) is 88.9 Å². The summed E-state index contributed by atoms with van der Waals surface area (Å²) < 4.78 is 39.3. The van der Waals surface area contributed by atoms with Gasteiger partial charge in [-0.1, -0.05) is 30.9 Å². The van der Waals surface area contributed by atoms with Gasteiger partial charge >= 0.3 is 6.18 Å². The molecule has 0 bridgehead atoms. The van der Waals surface area contributed by atoms with E-state index in [0.29, 0.717) is 6.29 Å². The van der Waals surface area contributed by atoms with Crippen LogP contribution in [0.4, 0.5) is 19.0 Å². The van der Waals surface area contributed by atoms with Gasteiger partial charge in [0, 0.05) is 75.1 Å². The molecule has 4 aromatic rings. The van der Waals surface area contributed by atoms with E-state index in [4.69, 9.17) is 0 Å². The number of aromatic amines is 1. The van der Waals surface area contributed by atoms with Crippen molar-refractivity contribution in [1.29, 1.82) is 0 Å². The maximum absolute atomic E-state index is 13.1. The van der Waals surface area contributed by atoms with Gasteiger partial charge in [0.05, 0.1) is 16.6 Å². The topological polar surface area (TPSA) is 77.1 Å². The average Bonchev–Trinajstić information content (AvgIpc) is 3.45. The van der Waals surface area contributed by atoms with Crippen molar-refractivity contribution in [3.63, 3.8) is 0 Å². The van der Waals surface area contributed by atoms with Crippen LogP contribution in [0.1, 0.15) is 39.5 Å².